The molecule has 1 aliphatic rings. The Hall–Kier alpha value is -0.230. The average molecular weight is 317 g/mol. The highest BCUT2D eigenvalue weighted by Crippen LogP contribution is 2.32. The molecule has 4 nitrogen and oxygen atoms in total. The van der Waals surface area contributed by atoms with E-state index in [1.54, 1.807) is 6.20 Å². The van der Waals surface area contributed by atoms with Crippen LogP contribution in [0.25, 0.3) is 0 Å². The van der Waals surface area contributed by atoms with Crippen LogP contribution in [0.15, 0.2) is 6.20 Å². The summed E-state index contributed by atoms with van der Waals surface area (Å²) >= 11 is 8.34. The van der Waals surface area contributed by atoms with Crippen molar-refractivity contribution in [1.29, 1.82) is 0 Å². The zero-order valence-electron chi connectivity index (χ0n) is 12.4. The van der Waals surface area contributed by atoms with Crippen LogP contribution in [0.1, 0.15) is 31.0 Å². The molecule has 2 heterocycles. The molecule has 1 aromatic heterocycles. The molecule has 6 heteroatoms. The standard InChI is InChI=1S/C14H25ClN4S/c1-18(2)5-6-19-14(12(15)10-17-19)13(16)9-11-3-7-20-8-4-11/h10-11,13H,3-9,16H2,1-2H3. The number of nitrogens with zero attached hydrogens (tertiary/aromatic N) is 3. The maximum absolute atomic E-state index is 6.41. The molecule has 1 fully saturated rings. The van der Waals surface area contributed by atoms with Gasteiger partial charge in [0.15, 0.2) is 0 Å². The lowest BCUT2D eigenvalue weighted by Gasteiger charge is -2.25. The fourth-order valence-corrected chi connectivity index (χ4v) is 4.15. The predicted molar refractivity (Wildman–Crippen MR) is 87.4 cm³/mol. The SMILES string of the molecule is CN(C)CCn1ncc(Cl)c1C(N)CC1CCSCC1. The third-order valence-electron chi connectivity index (χ3n) is 3.87. The molecule has 1 atom stereocenters. The van der Waals surface area contributed by atoms with Crippen molar-refractivity contribution in [3.05, 3.63) is 16.9 Å². The van der Waals surface area contributed by atoms with E-state index in [0.717, 1.165) is 31.1 Å². The van der Waals surface area contributed by atoms with Crippen molar-refractivity contribution < 1.29 is 0 Å². The molecule has 0 saturated carbocycles. The molecule has 1 unspecified atom stereocenters. The van der Waals surface area contributed by atoms with Gasteiger partial charge in [-0.1, -0.05) is 11.6 Å². The summed E-state index contributed by atoms with van der Waals surface area (Å²) in [5.74, 6) is 3.27. The number of nitrogens with two attached hydrogens (primary N) is 1. The first-order valence-electron chi connectivity index (χ1n) is 7.27. The van der Waals surface area contributed by atoms with E-state index in [0.29, 0.717) is 5.02 Å². The van der Waals surface area contributed by atoms with E-state index >= 15 is 0 Å². The first kappa shape index (κ1) is 16.1. The van der Waals surface area contributed by atoms with Gasteiger partial charge in [0.05, 0.1) is 23.5 Å². The summed E-state index contributed by atoms with van der Waals surface area (Å²) in [6.07, 6.45) is 5.31. The van der Waals surface area contributed by atoms with Gasteiger partial charge >= 0.3 is 0 Å². The van der Waals surface area contributed by atoms with E-state index in [4.69, 9.17) is 17.3 Å². The Balaban J connectivity index is 2.00. The lowest BCUT2D eigenvalue weighted by Crippen LogP contribution is -2.25. The zero-order chi connectivity index (χ0) is 14.5. The van der Waals surface area contributed by atoms with Gasteiger partial charge in [-0.15, -0.1) is 0 Å². The molecule has 0 spiro atoms. The maximum Gasteiger partial charge on any atom is 0.0834 e. The minimum Gasteiger partial charge on any atom is -0.323 e. The molecule has 1 aliphatic heterocycles. The quantitative estimate of drug-likeness (QED) is 0.876. The summed E-state index contributed by atoms with van der Waals surface area (Å²) in [5.41, 5.74) is 7.42. The smallest absolute Gasteiger partial charge is 0.0834 e. The number of thioether (sulfide) groups is 1. The molecule has 0 radical (unpaired) electrons. The summed E-state index contributed by atoms with van der Waals surface area (Å²) in [6, 6.07) is 0.000243. The molecule has 2 rings (SSSR count). The molecule has 114 valence electrons. The Morgan fingerprint density at radius 1 is 1.50 bits per heavy atom. The molecule has 0 amide bonds. The first-order chi connectivity index (χ1) is 9.58. The van der Waals surface area contributed by atoms with Crippen LogP contribution >= 0.6 is 23.4 Å². The molecule has 0 aromatic carbocycles. The Bertz CT molecular complexity index is 415. The van der Waals surface area contributed by atoms with Gasteiger partial charge in [0.25, 0.3) is 0 Å². The fraction of sp³-hybridized carbons (Fsp3) is 0.786. The van der Waals surface area contributed by atoms with Gasteiger partial charge < -0.3 is 10.6 Å². The largest absolute Gasteiger partial charge is 0.323 e. The normalized spacial score (nSPS) is 18.6. The van der Waals surface area contributed by atoms with Gasteiger partial charge in [-0.25, -0.2) is 0 Å². The zero-order valence-corrected chi connectivity index (χ0v) is 14.0. The second-order valence-corrected chi connectivity index (χ2v) is 7.43. The number of hydrogen-bond donors (Lipinski definition) is 1. The molecular weight excluding hydrogens is 292 g/mol. The van der Waals surface area contributed by atoms with Crippen molar-refractivity contribution in [3.63, 3.8) is 0 Å². The molecule has 0 aliphatic carbocycles. The van der Waals surface area contributed by atoms with Gasteiger partial charge in [-0.3, -0.25) is 4.68 Å². The van der Waals surface area contributed by atoms with Gasteiger partial charge in [-0.2, -0.15) is 16.9 Å². The second kappa shape index (κ2) is 7.69. The Kier molecular flexibility index (Phi) is 6.20. The summed E-state index contributed by atoms with van der Waals surface area (Å²) in [7, 11) is 4.12. The molecule has 0 bridgehead atoms. The van der Waals surface area contributed by atoms with Gasteiger partial charge in [-0.05, 0) is 50.8 Å². The van der Waals surface area contributed by atoms with Crippen LogP contribution in [-0.4, -0.2) is 46.8 Å². The first-order valence-corrected chi connectivity index (χ1v) is 8.80. The third-order valence-corrected chi connectivity index (χ3v) is 5.21. The molecule has 20 heavy (non-hydrogen) atoms. The number of likely N-dealkylation sites (N-methyl/N-ethyl adjacent to an activating group) is 1. The van der Waals surface area contributed by atoms with Crippen molar-refractivity contribution in [2.75, 3.05) is 32.1 Å². The van der Waals surface area contributed by atoms with Gasteiger partial charge in [0.1, 0.15) is 0 Å². The highest BCUT2D eigenvalue weighted by atomic mass is 35.5. The lowest BCUT2D eigenvalue weighted by atomic mass is 9.93. The number of aromatic nitrogens is 2. The van der Waals surface area contributed by atoms with Gasteiger partial charge in [0, 0.05) is 12.6 Å². The summed E-state index contributed by atoms with van der Waals surface area (Å²) < 4.78 is 1.98. The van der Waals surface area contributed by atoms with Crippen LogP contribution in [0.4, 0.5) is 0 Å². The molecule has 1 saturated heterocycles. The molecular formula is C14H25ClN4S. The Labute approximate surface area is 131 Å². The van der Waals surface area contributed by atoms with E-state index < -0.39 is 0 Å². The van der Waals surface area contributed by atoms with E-state index in [-0.39, 0.29) is 6.04 Å². The van der Waals surface area contributed by atoms with Gasteiger partial charge in [0.2, 0.25) is 0 Å². The fourth-order valence-electron chi connectivity index (χ4n) is 2.67. The van der Waals surface area contributed by atoms with Crippen molar-refractivity contribution in [2.24, 2.45) is 11.7 Å². The lowest BCUT2D eigenvalue weighted by molar-refractivity contribution is 0.356. The highest BCUT2D eigenvalue weighted by Gasteiger charge is 2.22. The van der Waals surface area contributed by atoms with Crippen LogP contribution in [0.5, 0.6) is 0 Å². The minimum atomic E-state index is 0.000243. The van der Waals surface area contributed by atoms with E-state index in [9.17, 15) is 0 Å². The molecule has 2 N–H and O–H groups in total. The Morgan fingerprint density at radius 2 is 2.20 bits per heavy atom. The summed E-state index contributed by atoms with van der Waals surface area (Å²) in [6.45, 7) is 1.78. The number of rotatable bonds is 6. The van der Waals surface area contributed by atoms with Crippen LogP contribution in [0.3, 0.4) is 0 Å². The average Bonchev–Trinajstić information content (AvgIpc) is 2.78. The van der Waals surface area contributed by atoms with Crippen LogP contribution in [0, 0.1) is 5.92 Å². The van der Waals surface area contributed by atoms with Crippen LogP contribution in [0.2, 0.25) is 5.02 Å². The van der Waals surface area contributed by atoms with Crippen molar-refractivity contribution in [2.45, 2.75) is 31.8 Å². The maximum atomic E-state index is 6.41. The topological polar surface area (TPSA) is 47.1 Å². The van der Waals surface area contributed by atoms with E-state index in [2.05, 4.69) is 35.9 Å². The highest BCUT2D eigenvalue weighted by molar-refractivity contribution is 7.99. The van der Waals surface area contributed by atoms with E-state index in [1.165, 1.54) is 24.3 Å². The van der Waals surface area contributed by atoms with Crippen molar-refractivity contribution in [1.82, 2.24) is 14.7 Å². The summed E-state index contributed by atoms with van der Waals surface area (Å²) in [4.78, 5) is 2.14. The number of hydrogen-bond acceptors (Lipinski definition) is 4. The van der Waals surface area contributed by atoms with Crippen molar-refractivity contribution in [3.8, 4) is 0 Å². The second-order valence-electron chi connectivity index (χ2n) is 5.80. The number of halogens is 1. The minimum absolute atomic E-state index is 0.000243. The van der Waals surface area contributed by atoms with Crippen LogP contribution < -0.4 is 5.73 Å². The van der Waals surface area contributed by atoms with E-state index in [1.807, 2.05) is 4.68 Å². The third kappa shape index (κ3) is 4.38. The monoisotopic (exact) mass is 316 g/mol. The van der Waals surface area contributed by atoms with Crippen molar-refractivity contribution >= 4 is 23.4 Å². The van der Waals surface area contributed by atoms with Crippen LogP contribution in [-0.2, 0) is 6.54 Å². The summed E-state index contributed by atoms with van der Waals surface area (Å²) in [5, 5.41) is 5.09. The predicted octanol–water partition coefficient (Wildman–Crippen LogP) is 2.63. The Morgan fingerprint density at radius 3 is 2.85 bits per heavy atom. The molecule has 1 aromatic rings.